The number of hydrogen-bond acceptors (Lipinski definition) is 3. The third kappa shape index (κ3) is 3.16. The molecule has 0 aliphatic carbocycles. The summed E-state index contributed by atoms with van der Waals surface area (Å²) in [6.45, 7) is 2.88. The predicted octanol–water partition coefficient (Wildman–Crippen LogP) is 1.43. The average Bonchev–Trinajstić information content (AvgIpc) is 2.67. The van der Waals surface area contributed by atoms with E-state index in [1.165, 1.54) is 19.4 Å². The lowest BCUT2D eigenvalue weighted by Crippen LogP contribution is -2.35. The maximum absolute atomic E-state index is 5.72. The monoisotopic (exact) mass is 227 g/mol. The van der Waals surface area contributed by atoms with Crippen molar-refractivity contribution in [2.45, 2.75) is 25.4 Å². The Kier molecular flexibility index (Phi) is 5.02. The topological polar surface area (TPSA) is 42.1 Å². The highest BCUT2D eigenvalue weighted by Crippen LogP contribution is 2.18. The van der Waals surface area contributed by atoms with E-state index >= 15 is 0 Å². The molecule has 1 aliphatic rings. The van der Waals surface area contributed by atoms with Crippen molar-refractivity contribution in [3.8, 4) is 0 Å². The molecule has 84 valence electrons. The molecule has 1 aromatic rings. The van der Waals surface area contributed by atoms with E-state index in [-0.39, 0.29) is 12.4 Å². The van der Waals surface area contributed by atoms with Crippen molar-refractivity contribution in [3.63, 3.8) is 0 Å². The zero-order chi connectivity index (χ0) is 9.80. The molecule has 1 aliphatic heterocycles. The summed E-state index contributed by atoms with van der Waals surface area (Å²) in [6.07, 6.45) is 4.36. The molecule has 2 rings (SSSR count). The Morgan fingerprint density at radius 1 is 1.47 bits per heavy atom. The number of nitrogens with zero attached hydrogens (tertiary/aromatic N) is 2. The van der Waals surface area contributed by atoms with Crippen molar-refractivity contribution in [2.75, 3.05) is 13.1 Å². The number of rotatable bonds is 3. The van der Waals surface area contributed by atoms with Crippen LogP contribution in [0, 0.1) is 0 Å². The molecule has 0 saturated carbocycles. The van der Waals surface area contributed by atoms with Gasteiger partial charge in [0.15, 0.2) is 0 Å². The molecule has 0 aromatic carbocycles. The minimum atomic E-state index is 0. The summed E-state index contributed by atoms with van der Waals surface area (Å²) in [7, 11) is 0. The Morgan fingerprint density at radius 3 is 3.00 bits per heavy atom. The Hall–Kier alpha value is -0.640. The number of hydrogen-bond donors (Lipinski definition) is 1. The van der Waals surface area contributed by atoms with Crippen LogP contribution in [0.1, 0.15) is 18.5 Å². The van der Waals surface area contributed by atoms with Gasteiger partial charge < -0.3 is 5.73 Å². The lowest BCUT2D eigenvalue weighted by molar-refractivity contribution is 0.247. The molecule has 4 heteroatoms. The molecule has 0 bridgehead atoms. The minimum Gasteiger partial charge on any atom is -0.329 e. The van der Waals surface area contributed by atoms with Gasteiger partial charge in [-0.1, -0.05) is 6.07 Å². The lowest BCUT2D eigenvalue weighted by Gasteiger charge is -2.22. The van der Waals surface area contributed by atoms with Gasteiger partial charge in [0.2, 0.25) is 0 Å². The third-order valence-corrected chi connectivity index (χ3v) is 2.86. The van der Waals surface area contributed by atoms with Gasteiger partial charge in [0.25, 0.3) is 0 Å². The quantitative estimate of drug-likeness (QED) is 0.850. The van der Waals surface area contributed by atoms with Crippen molar-refractivity contribution >= 4 is 12.4 Å². The SMILES string of the molecule is Cl.NCC1CCCN1Cc1ccccn1. The predicted molar refractivity (Wildman–Crippen MR) is 64.0 cm³/mol. The molecule has 3 nitrogen and oxygen atoms in total. The molecule has 0 amide bonds. The highest BCUT2D eigenvalue weighted by Gasteiger charge is 2.22. The lowest BCUT2D eigenvalue weighted by atomic mass is 10.2. The van der Waals surface area contributed by atoms with E-state index in [9.17, 15) is 0 Å². The van der Waals surface area contributed by atoms with Crippen LogP contribution in [0.2, 0.25) is 0 Å². The largest absolute Gasteiger partial charge is 0.329 e. The zero-order valence-electron chi connectivity index (χ0n) is 8.80. The maximum atomic E-state index is 5.72. The molecule has 15 heavy (non-hydrogen) atoms. The van der Waals surface area contributed by atoms with Crippen LogP contribution in [0.25, 0.3) is 0 Å². The van der Waals surface area contributed by atoms with Crippen LogP contribution >= 0.6 is 12.4 Å². The van der Waals surface area contributed by atoms with Gasteiger partial charge in [0, 0.05) is 25.3 Å². The molecule has 1 atom stereocenters. The highest BCUT2D eigenvalue weighted by atomic mass is 35.5. The first-order chi connectivity index (χ1) is 6.90. The summed E-state index contributed by atoms with van der Waals surface area (Å²) in [5.41, 5.74) is 6.86. The van der Waals surface area contributed by atoms with Crippen molar-refractivity contribution in [1.29, 1.82) is 0 Å². The van der Waals surface area contributed by atoms with E-state index in [0.29, 0.717) is 6.04 Å². The van der Waals surface area contributed by atoms with Gasteiger partial charge in [-0.05, 0) is 31.5 Å². The van der Waals surface area contributed by atoms with Crippen molar-refractivity contribution in [2.24, 2.45) is 5.73 Å². The summed E-state index contributed by atoms with van der Waals surface area (Å²) in [4.78, 5) is 6.76. The van der Waals surface area contributed by atoms with Gasteiger partial charge in [0.05, 0.1) is 5.69 Å². The van der Waals surface area contributed by atoms with E-state index in [2.05, 4.69) is 16.0 Å². The van der Waals surface area contributed by atoms with E-state index < -0.39 is 0 Å². The van der Waals surface area contributed by atoms with Crippen molar-refractivity contribution in [3.05, 3.63) is 30.1 Å². The third-order valence-electron chi connectivity index (χ3n) is 2.86. The normalized spacial score (nSPS) is 21.3. The summed E-state index contributed by atoms with van der Waals surface area (Å²) < 4.78 is 0. The van der Waals surface area contributed by atoms with E-state index in [0.717, 1.165) is 18.8 Å². The zero-order valence-corrected chi connectivity index (χ0v) is 9.62. The maximum Gasteiger partial charge on any atom is 0.0544 e. The van der Waals surface area contributed by atoms with Gasteiger partial charge in [0.1, 0.15) is 0 Å². The summed E-state index contributed by atoms with van der Waals surface area (Å²) >= 11 is 0. The number of nitrogens with two attached hydrogens (primary N) is 1. The molecule has 2 N–H and O–H groups in total. The van der Waals surface area contributed by atoms with Crippen LogP contribution < -0.4 is 5.73 Å². The number of aromatic nitrogens is 1. The van der Waals surface area contributed by atoms with Gasteiger partial charge in [-0.15, -0.1) is 12.4 Å². The van der Waals surface area contributed by atoms with Crippen LogP contribution in [0.3, 0.4) is 0 Å². The van der Waals surface area contributed by atoms with Crippen LogP contribution in [0.5, 0.6) is 0 Å². The molecule has 0 spiro atoms. The second-order valence-electron chi connectivity index (χ2n) is 3.82. The van der Waals surface area contributed by atoms with Crippen LogP contribution in [-0.2, 0) is 6.54 Å². The first kappa shape index (κ1) is 12.4. The van der Waals surface area contributed by atoms with Crippen molar-refractivity contribution < 1.29 is 0 Å². The Labute approximate surface area is 97.1 Å². The fraction of sp³-hybridized carbons (Fsp3) is 0.545. The van der Waals surface area contributed by atoms with Crippen LogP contribution in [0.15, 0.2) is 24.4 Å². The highest BCUT2D eigenvalue weighted by molar-refractivity contribution is 5.85. The Balaban J connectivity index is 0.00000112. The summed E-state index contributed by atoms with van der Waals surface area (Å²) in [6, 6.07) is 6.63. The number of likely N-dealkylation sites (tertiary alicyclic amines) is 1. The van der Waals surface area contributed by atoms with Crippen LogP contribution in [-0.4, -0.2) is 29.0 Å². The Morgan fingerprint density at radius 2 is 2.33 bits per heavy atom. The first-order valence-electron chi connectivity index (χ1n) is 5.24. The van der Waals surface area contributed by atoms with E-state index in [1.54, 1.807) is 0 Å². The number of halogens is 1. The smallest absolute Gasteiger partial charge is 0.0544 e. The fourth-order valence-corrected chi connectivity index (χ4v) is 2.07. The standard InChI is InChI=1S/C11H17N3.ClH/c12-8-11-5-3-7-14(11)9-10-4-1-2-6-13-10;/h1-2,4,6,11H,3,5,7-9,12H2;1H. The van der Waals surface area contributed by atoms with Gasteiger partial charge in [-0.25, -0.2) is 0 Å². The molecule has 1 unspecified atom stereocenters. The minimum absolute atomic E-state index is 0. The second kappa shape index (κ2) is 6.05. The summed E-state index contributed by atoms with van der Waals surface area (Å²) in [5.74, 6) is 0. The van der Waals surface area contributed by atoms with E-state index in [1.807, 2.05) is 18.3 Å². The fourth-order valence-electron chi connectivity index (χ4n) is 2.07. The molecule has 1 aromatic heterocycles. The van der Waals surface area contributed by atoms with Gasteiger partial charge >= 0.3 is 0 Å². The van der Waals surface area contributed by atoms with Crippen LogP contribution in [0.4, 0.5) is 0 Å². The molecule has 1 saturated heterocycles. The van der Waals surface area contributed by atoms with Gasteiger partial charge in [-0.3, -0.25) is 9.88 Å². The molecular formula is C11H18ClN3. The molecular weight excluding hydrogens is 210 g/mol. The van der Waals surface area contributed by atoms with Gasteiger partial charge in [-0.2, -0.15) is 0 Å². The second-order valence-corrected chi connectivity index (χ2v) is 3.82. The Bertz CT molecular complexity index is 278. The molecule has 2 heterocycles. The molecule has 1 fully saturated rings. The number of pyridine rings is 1. The molecule has 0 radical (unpaired) electrons. The average molecular weight is 228 g/mol. The van der Waals surface area contributed by atoms with Crippen molar-refractivity contribution in [1.82, 2.24) is 9.88 Å². The first-order valence-corrected chi connectivity index (χ1v) is 5.24. The van der Waals surface area contributed by atoms with E-state index in [4.69, 9.17) is 5.73 Å². The summed E-state index contributed by atoms with van der Waals surface area (Å²) in [5, 5.41) is 0.